The van der Waals surface area contributed by atoms with Crippen molar-refractivity contribution in [1.29, 1.82) is 0 Å². The largest absolute Gasteiger partial charge is 0.489 e. The summed E-state index contributed by atoms with van der Waals surface area (Å²) in [7, 11) is 1.30. The molecule has 0 aliphatic carbocycles. The number of carbonyl (C=O) groups excluding carboxylic acids is 2. The molecule has 0 aliphatic heterocycles. The van der Waals surface area contributed by atoms with Crippen LogP contribution in [0.25, 0.3) is 0 Å². The van der Waals surface area contributed by atoms with Gasteiger partial charge in [0.2, 0.25) is 0 Å². The van der Waals surface area contributed by atoms with Crippen molar-refractivity contribution >= 4 is 11.9 Å². The summed E-state index contributed by atoms with van der Waals surface area (Å²) in [6.07, 6.45) is 0.259. The van der Waals surface area contributed by atoms with Crippen LogP contribution in [0.3, 0.4) is 0 Å². The SMILES string of the molecule is COC(=O)[C@H](Cc1ccc(OCc2ccccc2)cc1)NC(=O)c1cccc(OCc2cccc(Oc3ccccc3)c2)c1. The van der Waals surface area contributed by atoms with Crippen molar-refractivity contribution in [2.24, 2.45) is 0 Å². The quantitative estimate of drug-likeness (QED) is 0.147. The van der Waals surface area contributed by atoms with Gasteiger partial charge >= 0.3 is 5.97 Å². The van der Waals surface area contributed by atoms with E-state index in [2.05, 4.69) is 5.32 Å². The smallest absolute Gasteiger partial charge is 0.328 e. The summed E-state index contributed by atoms with van der Waals surface area (Å²) in [4.78, 5) is 25.8. The van der Waals surface area contributed by atoms with E-state index >= 15 is 0 Å². The van der Waals surface area contributed by atoms with Gasteiger partial charge in [-0.05, 0) is 71.3 Å². The van der Waals surface area contributed by atoms with Crippen LogP contribution < -0.4 is 19.5 Å². The van der Waals surface area contributed by atoms with E-state index in [9.17, 15) is 9.59 Å². The summed E-state index contributed by atoms with van der Waals surface area (Å²) in [5.74, 6) is 1.74. The number of benzene rings is 5. The normalized spacial score (nSPS) is 11.2. The average Bonchev–Trinajstić information content (AvgIpc) is 3.07. The zero-order valence-electron chi connectivity index (χ0n) is 24.3. The van der Waals surface area contributed by atoms with E-state index in [0.717, 1.165) is 22.4 Å². The Kier molecular flexibility index (Phi) is 10.2. The molecule has 0 fully saturated rings. The fourth-order valence-corrected chi connectivity index (χ4v) is 4.49. The van der Waals surface area contributed by atoms with Crippen molar-refractivity contribution in [1.82, 2.24) is 5.32 Å². The number of amides is 1. The summed E-state index contributed by atoms with van der Waals surface area (Å²) in [5.41, 5.74) is 3.20. The van der Waals surface area contributed by atoms with E-state index in [1.807, 2.05) is 109 Å². The molecule has 7 heteroatoms. The van der Waals surface area contributed by atoms with Gasteiger partial charge in [-0.1, -0.05) is 78.9 Å². The number of hydrogen-bond donors (Lipinski definition) is 1. The van der Waals surface area contributed by atoms with E-state index in [4.69, 9.17) is 18.9 Å². The van der Waals surface area contributed by atoms with Crippen molar-refractivity contribution in [3.63, 3.8) is 0 Å². The Morgan fingerprint density at radius 1 is 0.591 bits per heavy atom. The molecule has 0 radical (unpaired) electrons. The minimum atomic E-state index is -0.875. The van der Waals surface area contributed by atoms with Gasteiger partial charge in [0.25, 0.3) is 5.91 Å². The van der Waals surface area contributed by atoms with Crippen molar-refractivity contribution in [2.75, 3.05) is 7.11 Å². The maximum Gasteiger partial charge on any atom is 0.328 e. The molecule has 222 valence electrons. The summed E-state index contributed by atoms with van der Waals surface area (Å²) in [6, 6.07) is 40.5. The van der Waals surface area contributed by atoms with Crippen LogP contribution in [-0.2, 0) is 29.2 Å². The van der Waals surface area contributed by atoms with Gasteiger partial charge in [-0.3, -0.25) is 4.79 Å². The van der Waals surface area contributed by atoms with E-state index in [0.29, 0.717) is 29.4 Å². The van der Waals surface area contributed by atoms with Crippen molar-refractivity contribution in [2.45, 2.75) is 25.7 Å². The Morgan fingerprint density at radius 2 is 1.20 bits per heavy atom. The van der Waals surface area contributed by atoms with E-state index in [1.54, 1.807) is 24.3 Å². The van der Waals surface area contributed by atoms with Crippen LogP contribution in [0.2, 0.25) is 0 Å². The second-order valence-corrected chi connectivity index (χ2v) is 10.1. The molecule has 0 spiro atoms. The minimum absolute atomic E-state index is 0.259. The Labute approximate surface area is 257 Å². The predicted molar refractivity (Wildman–Crippen MR) is 168 cm³/mol. The maximum absolute atomic E-state index is 13.2. The van der Waals surface area contributed by atoms with Crippen LogP contribution in [0.15, 0.2) is 133 Å². The Morgan fingerprint density at radius 3 is 1.95 bits per heavy atom. The molecule has 0 heterocycles. The summed E-state index contributed by atoms with van der Waals surface area (Å²) >= 11 is 0. The van der Waals surface area contributed by atoms with Crippen LogP contribution in [-0.4, -0.2) is 25.0 Å². The lowest BCUT2D eigenvalue weighted by atomic mass is 10.0. The molecule has 1 amide bonds. The van der Waals surface area contributed by atoms with Crippen LogP contribution in [0.1, 0.15) is 27.0 Å². The second kappa shape index (κ2) is 15.1. The molecule has 44 heavy (non-hydrogen) atoms. The van der Waals surface area contributed by atoms with E-state index in [-0.39, 0.29) is 13.0 Å². The molecule has 0 saturated carbocycles. The number of carbonyl (C=O) groups is 2. The Balaban J connectivity index is 1.17. The molecule has 0 aromatic heterocycles. The molecule has 1 atom stereocenters. The summed E-state index contributed by atoms with van der Waals surface area (Å²) < 4.78 is 22.7. The van der Waals surface area contributed by atoms with E-state index in [1.165, 1.54) is 7.11 Å². The van der Waals surface area contributed by atoms with Gasteiger partial charge in [-0.2, -0.15) is 0 Å². The second-order valence-electron chi connectivity index (χ2n) is 10.1. The molecular weight excluding hydrogens is 554 g/mol. The predicted octanol–water partition coefficient (Wildman–Crippen LogP) is 7.15. The van der Waals surface area contributed by atoms with Crippen LogP contribution in [0.4, 0.5) is 0 Å². The lowest BCUT2D eigenvalue weighted by Crippen LogP contribution is -2.43. The van der Waals surface area contributed by atoms with Crippen LogP contribution >= 0.6 is 0 Å². The van der Waals surface area contributed by atoms with Crippen LogP contribution in [0, 0.1) is 0 Å². The number of nitrogens with one attached hydrogen (secondary N) is 1. The lowest BCUT2D eigenvalue weighted by molar-refractivity contribution is -0.142. The van der Waals surface area contributed by atoms with Gasteiger partial charge in [0, 0.05) is 12.0 Å². The first-order chi connectivity index (χ1) is 21.6. The fraction of sp³-hybridized carbons (Fsp3) is 0.135. The van der Waals surface area contributed by atoms with E-state index < -0.39 is 17.9 Å². The lowest BCUT2D eigenvalue weighted by Gasteiger charge is -2.17. The zero-order valence-corrected chi connectivity index (χ0v) is 24.3. The zero-order chi connectivity index (χ0) is 30.6. The number of para-hydroxylation sites is 1. The highest BCUT2D eigenvalue weighted by atomic mass is 16.5. The third-order valence-electron chi connectivity index (χ3n) is 6.78. The topological polar surface area (TPSA) is 83.1 Å². The fourth-order valence-electron chi connectivity index (χ4n) is 4.49. The molecule has 7 nitrogen and oxygen atoms in total. The van der Waals surface area contributed by atoms with Gasteiger partial charge in [0.05, 0.1) is 7.11 Å². The number of ether oxygens (including phenoxy) is 4. The van der Waals surface area contributed by atoms with Gasteiger partial charge in [0.1, 0.15) is 42.3 Å². The molecule has 1 N–H and O–H groups in total. The van der Waals surface area contributed by atoms with Gasteiger partial charge < -0.3 is 24.3 Å². The summed E-state index contributed by atoms with van der Waals surface area (Å²) in [6.45, 7) is 0.742. The van der Waals surface area contributed by atoms with Gasteiger partial charge in [0.15, 0.2) is 0 Å². The highest BCUT2D eigenvalue weighted by Crippen LogP contribution is 2.23. The first-order valence-corrected chi connectivity index (χ1v) is 14.2. The third-order valence-corrected chi connectivity index (χ3v) is 6.78. The van der Waals surface area contributed by atoms with Gasteiger partial charge in [-0.15, -0.1) is 0 Å². The van der Waals surface area contributed by atoms with Crippen molar-refractivity contribution < 1.29 is 28.5 Å². The summed E-state index contributed by atoms with van der Waals surface area (Å²) in [5, 5.41) is 2.81. The average molecular weight is 588 g/mol. The maximum atomic E-state index is 13.2. The molecular formula is C37H33NO6. The molecule has 0 saturated heterocycles. The first-order valence-electron chi connectivity index (χ1n) is 14.2. The molecule has 0 bridgehead atoms. The number of methoxy groups -OCH3 is 1. The standard InChI is InChI=1S/C37H33NO6/c1-41-37(40)35(23-27-18-20-31(21-19-27)42-25-28-10-4-2-5-11-28)38-36(39)30-13-9-16-33(24-30)43-26-29-12-8-17-34(22-29)44-32-14-6-3-7-15-32/h2-22,24,35H,23,25-26H2,1H3,(H,38,39)/t35-/m0/s1. The molecule has 5 rings (SSSR count). The minimum Gasteiger partial charge on any atom is -0.489 e. The molecule has 0 aliphatic rings. The Bertz CT molecular complexity index is 1660. The Hall–Kier alpha value is -5.56. The highest BCUT2D eigenvalue weighted by Gasteiger charge is 2.23. The van der Waals surface area contributed by atoms with Crippen molar-refractivity contribution in [3.05, 3.63) is 156 Å². The van der Waals surface area contributed by atoms with Crippen LogP contribution in [0.5, 0.6) is 23.0 Å². The first kappa shape index (κ1) is 29.9. The molecule has 5 aromatic rings. The molecule has 0 unspecified atom stereocenters. The monoisotopic (exact) mass is 587 g/mol. The third kappa shape index (κ3) is 8.72. The van der Waals surface area contributed by atoms with Gasteiger partial charge in [-0.25, -0.2) is 4.79 Å². The van der Waals surface area contributed by atoms with Crippen molar-refractivity contribution in [3.8, 4) is 23.0 Å². The highest BCUT2D eigenvalue weighted by molar-refractivity contribution is 5.97. The number of hydrogen-bond acceptors (Lipinski definition) is 6. The number of esters is 1. The number of rotatable bonds is 13. The molecule has 5 aromatic carbocycles.